The van der Waals surface area contributed by atoms with E-state index < -0.39 is 10.0 Å². The zero-order valence-corrected chi connectivity index (χ0v) is 20.0. The minimum Gasteiger partial charge on any atom is -0.348 e. The fourth-order valence-corrected chi connectivity index (χ4v) is 7.73. The largest absolute Gasteiger partial charge is 0.348 e. The number of nitrogens with zero attached hydrogens (tertiary/aromatic N) is 1. The van der Waals surface area contributed by atoms with Crippen molar-refractivity contribution in [3.8, 4) is 0 Å². The van der Waals surface area contributed by atoms with E-state index >= 15 is 0 Å². The molecule has 5 rings (SSSR count). The van der Waals surface area contributed by atoms with Crippen molar-refractivity contribution in [1.29, 1.82) is 0 Å². The lowest BCUT2D eigenvalue weighted by Crippen LogP contribution is -2.54. The Morgan fingerprint density at radius 2 is 1.81 bits per heavy atom. The molecule has 1 N–H and O–H groups in total. The van der Waals surface area contributed by atoms with Crippen LogP contribution < -0.4 is 5.32 Å². The van der Waals surface area contributed by atoms with Crippen molar-refractivity contribution in [2.75, 3.05) is 18.8 Å². The van der Waals surface area contributed by atoms with Crippen LogP contribution in [0.15, 0.2) is 42.5 Å². The maximum Gasteiger partial charge on any atom is 0.253 e. The highest BCUT2D eigenvalue weighted by Gasteiger charge is 2.50. The summed E-state index contributed by atoms with van der Waals surface area (Å²) in [5, 5.41) is 4.03. The number of fused-ring (bicyclic) bond motifs is 2. The third-order valence-corrected chi connectivity index (χ3v) is 9.87. The molecule has 1 spiro atoms. The predicted molar refractivity (Wildman–Crippen MR) is 127 cm³/mol. The average Bonchev–Trinajstić information content (AvgIpc) is 3.51. The Bertz CT molecular complexity index is 1160. The summed E-state index contributed by atoms with van der Waals surface area (Å²) in [5.41, 5.74) is 2.56. The van der Waals surface area contributed by atoms with Crippen molar-refractivity contribution in [3.63, 3.8) is 0 Å². The quantitative estimate of drug-likeness (QED) is 0.671. The molecule has 3 aliphatic rings. The van der Waals surface area contributed by atoms with E-state index in [2.05, 4.69) is 17.4 Å². The smallest absolute Gasteiger partial charge is 0.253 e. The van der Waals surface area contributed by atoms with Gasteiger partial charge in [0, 0.05) is 29.6 Å². The summed E-state index contributed by atoms with van der Waals surface area (Å²) in [7, 11) is -3.22. The van der Waals surface area contributed by atoms with E-state index in [1.54, 1.807) is 22.5 Å². The predicted octanol–water partition coefficient (Wildman–Crippen LogP) is 4.42. The summed E-state index contributed by atoms with van der Waals surface area (Å²) in [6, 6.07) is 13.0. The van der Waals surface area contributed by atoms with E-state index in [0.717, 1.165) is 19.3 Å². The number of carbonyl (C=O) groups excluding carboxylic acids is 1. The monoisotopic (exact) mass is 492 g/mol. The Morgan fingerprint density at radius 3 is 2.50 bits per heavy atom. The van der Waals surface area contributed by atoms with E-state index in [4.69, 9.17) is 23.2 Å². The summed E-state index contributed by atoms with van der Waals surface area (Å²) in [4.78, 5) is 13.1. The van der Waals surface area contributed by atoms with Gasteiger partial charge in [-0.15, -0.1) is 0 Å². The van der Waals surface area contributed by atoms with Crippen LogP contribution in [0.25, 0.3) is 0 Å². The summed E-state index contributed by atoms with van der Waals surface area (Å²) in [5.74, 6) is 0.373. The van der Waals surface area contributed by atoms with Crippen LogP contribution in [0.2, 0.25) is 10.0 Å². The number of hydrogen-bond donors (Lipinski definition) is 1. The topological polar surface area (TPSA) is 66.5 Å². The highest BCUT2D eigenvalue weighted by Crippen LogP contribution is 2.47. The van der Waals surface area contributed by atoms with Gasteiger partial charge >= 0.3 is 0 Å². The molecule has 2 fully saturated rings. The summed E-state index contributed by atoms with van der Waals surface area (Å²) in [6.45, 7) is 0.967. The molecule has 1 heterocycles. The van der Waals surface area contributed by atoms with Gasteiger partial charge in [-0.3, -0.25) is 4.79 Å². The van der Waals surface area contributed by atoms with Crippen LogP contribution in [0, 0.1) is 5.92 Å². The zero-order valence-electron chi connectivity index (χ0n) is 17.7. The number of hydrogen-bond acceptors (Lipinski definition) is 3. The fraction of sp³-hybridized carbons (Fsp3) is 0.458. The molecule has 0 aromatic heterocycles. The van der Waals surface area contributed by atoms with Gasteiger partial charge in [-0.1, -0.05) is 47.5 Å². The number of piperidine rings is 1. The minimum absolute atomic E-state index is 0.118. The molecule has 1 atom stereocenters. The first-order chi connectivity index (χ1) is 15.3. The van der Waals surface area contributed by atoms with Crippen LogP contribution >= 0.6 is 23.2 Å². The van der Waals surface area contributed by atoms with Crippen LogP contribution in [-0.4, -0.2) is 43.5 Å². The second kappa shape index (κ2) is 8.32. The van der Waals surface area contributed by atoms with E-state index in [0.29, 0.717) is 47.5 Å². The van der Waals surface area contributed by atoms with Crippen LogP contribution in [0.5, 0.6) is 0 Å². The molecule has 2 aromatic carbocycles. The standard InChI is InChI=1S/C24H26Cl2N2O3S/c25-18-7-8-19(21(26)14-18)23(29)27-22-13-17-3-1-2-4-20(17)24(22)9-11-28(12-10-24)32(30,31)15-16-5-6-16/h1-4,7-8,14,16,22H,5-6,9-13,15H2,(H,27,29). The molecule has 1 unspecified atom stereocenters. The van der Waals surface area contributed by atoms with Crippen LogP contribution in [0.4, 0.5) is 0 Å². The lowest BCUT2D eigenvalue weighted by atomic mass is 9.71. The highest BCUT2D eigenvalue weighted by molar-refractivity contribution is 7.89. The molecule has 170 valence electrons. The SMILES string of the molecule is O=C(NC1Cc2ccccc2C12CCN(S(=O)(=O)CC1CC1)CC2)c1ccc(Cl)cc1Cl. The number of benzene rings is 2. The molecule has 1 saturated heterocycles. The second-order valence-electron chi connectivity index (χ2n) is 9.29. The molecule has 1 aliphatic heterocycles. The Labute approximate surface area is 199 Å². The molecule has 2 aromatic rings. The summed E-state index contributed by atoms with van der Waals surface area (Å²) in [6.07, 6.45) is 4.14. The van der Waals surface area contributed by atoms with Crippen LogP contribution in [-0.2, 0) is 21.9 Å². The van der Waals surface area contributed by atoms with Gasteiger partial charge in [-0.25, -0.2) is 12.7 Å². The van der Waals surface area contributed by atoms with Crippen molar-refractivity contribution in [2.45, 2.75) is 43.6 Å². The molecule has 1 amide bonds. The normalized spacial score (nSPS) is 22.6. The Hall–Kier alpha value is -1.60. The highest BCUT2D eigenvalue weighted by atomic mass is 35.5. The van der Waals surface area contributed by atoms with E-state index in [-0.39, 0.29) is 23.1 Å². The molecular formula is C24H26Cl2N2O3S. The Balaban J connectivity index is 1.39. The lowest BCUT2D eigenvalue weighted by molar-refractivity contribution is 0.0897. The molecule has 0 bridgehead atoms. The van der Waals surface area contributed by atoms with Gasteiger partial charge in [0.05, 0.1) is 16.3 Å². The maximum atomic E-state index is 13.1. The summed E-state index contributed by atoms with van der Waals surface area (Å²) < 4.78 is 27.3. The third-order valence-electron chi connectivity index (χ3n) is 7.28. The molecule has 0 radical (unpaired) electrons. The average molecular weight is 493 g/mol. The maximum absolute atomic E-state index is 13.1. The molecule has 8 heteroatoms. The number of carbonyl (C=O) groups is 1. The summed E-state index contributed by atoms with van der Waals surface area (Å²) >= 11 is 12.3. The third kappa shape index (κ3) is 4.07. The van der Waals surface area contributed by atoms with Gasteiger partial charge < -0.3 is 5.32 Å². The van der Waals surface area contributed by atoms with Gasteiger partial charge in [0.2, 0.25) is 10.0 Å². The first-order valence-corrected chi connectivity index (χ1v) is 13.5. The first kappa shape index (κ1) is 22.2. The second-order valence-corrected chi connectivity index (χ2v) is 12.1. The van der Waals surface area contributed by atoms with E-state index in [1.165, 1.54) is 11.1 Å². The number of halogens is 2. The number of amides is 1. The number of rotatable bonds is 5. The Morgan fingerprint density at radius 1 is 1.09 bits per heavy atom. The molecule has 1 saturated carbocycles. The zero-order chi connectivity index (χ0) is 22.5. The molecule has 5 nitrogen and oxygen atoms in total. The number of nitrogens with one attached hydrogen (secondary N) is 1. The van der Waals surface area contributed by atoms with Crippen molar-refractivity contribution >= 4 is 39.1 Å². The van der Waals surface area contributed by atoms with Crippen molar-refractivity contribution in [1.82, 2.24) is 9.62 Å². The molecule has 2 aliphatic carbocycles. The van der Waals surface area contributed by atoms with Gasteiger partial charge in [0.25, 0.3) is 5.91 Å². The number of sulfonamides is 1. The van der Waals surface area contributed by atoms with Gasteiger partial charge in [-0.05, 0) is 67.3 Å². The minimum atomic E-state index is -3.22. The first-order valence-electron chi connectivity index (χ1n) is 11.1. The molecule has 32 heavy (non-hydrogen) atoms. The van der Waals surface area contributed by atoms with Crippen LogP contribution in [0.3, 0.4) is 0 Å². The van der Waals surface area contributed by atoms with Crippen molar-refractivity contribution in [2.24, 2.45) is 5.92 Å². The van der Waals surface area contributed by atoms with Gasteiger partial charge in [-0.2, -0.15) is 0 Å². The van der Waals surface area contributed by atoms with E-state index in [1.807, 2.05) is 12.1 Å². The van der Waals surface area contributed by atoms with Crippen molar-refractivity contribution < 1.29 is 13.2 Å². The fourth-order valence-electron chi connectivity index (χ4n) is 5.35. The van der Waals surface area contributed by atoms with Crippen LogP contribution in [0.1, 0.15) is 47.2 Å². The van der Waals surface area contributed by atoms with Gasteiger partial charge in [0.1, 0.15) is 0 Å². The lowest BCUT2D eigenvalue weighted by Gasteiger charge is -2.43. The molecular weight excluding hydrogens is 467 g/mol. The Kier molecular flexibility index (Phi) is 5.77. The van der Waals surface area contributed by atoms with E-state index in [9.17, 15) is 13.2 Å². The van der Waals surface area contributed by atoms with Crippen molar-refractivity contribution in [3.05, 3.63) is 69.2 Å². The van der Waals surface area contributed by atoms with Gasteiger partial charge in [0.15, 0.2) is 0 Å².